The van der Waals surface area contributed by atoms with Crippen LogP contribution in [0.3, 0.4) is 0 Å². The number of hydrogen-bond acceptors (Lipinski definition) is 4. The number of benzene rings is 2. The summed E-state index contributed by atoms with van der Waals surface area (Å²) < 4.78 is 5.50. The van der Waals surface area contributed by atoms with E-state index in [1.165, 1.54) is 24.8 Å². The Kier molecular flexibility index (Phi) is 5.81. The van der Waals surface area contributed by atoms with Crippen molar-refractivity contribution in [2.24, 2.45) is 0 Å². The first kappa shape index (κ1) is 19.5. The number of para-hydroxylation sites is 1. The normalized spacial score (nSPS) is 17.2. The number of aryl methyl sites for hydroxylation is 1. The van der Waals surface area contributed by atoms with Crippen LogP contribution in [0.5, 0.6) is 5.75 Å². The van der Waals surface area contributed by atoms with E-state index in [0.29, 0.717) is 6.04 Å². The second kappa shape index (κ2) is 8.66. The smallest absolute Gasteiger partial charge is 0.145 e. The van der Waals surface area contributed by atoms with E-state index in [-0.39, 0.29) is 0 Å². The van der Waals surface area contributed by atoms with Crippen LogP contribution in [0.4, 0.5) is 11.4 Å². The first-order chi connectivity index (χ1) is 14.2. The van der Waals surface area contributed by atoms with Crippen molar-refractivity contribution in [2.75, 3.05) is 25.5 Å². The summed E-state index contributed by atoms with van der Waals surface area (Å²) in [6.07, 6.45) is 5.80. The number of nitrogens with one attached hydrogen (secondary N) is 1. The molecule has 1 aliphatic rings. The zero-order valence-electron chi connectivity index (χ0n) is 17.3. The van der Waals surface area contributed by atoms with Gasteiger partial charge in [-0.1, -0.05) is 36.8 Å². The van der Waals surface area contributed by atoms with E-state index in [1.54, 1.807) is 7.11 Å². The molecule has 1 fully saturated rings. The number of fused-ring (bicyclic) bond motifs is 1. The first-order valence-electron chi connectivity index (χ1n) is 10.4. The van der Waals surface area contributed by atoms with Gasteiger partial charge in [0.2, 0.25) is 0 Å². The van der Waals surface area contributed by atoms with Gasteiger partial charge in [0.25, 0.3) is 0 Å². The standard InChI is InChI=1S/C25H29N3O/c1-4-15-28-16-6-5-9-23(28)19-11-13-20(14-12-19)27-22-17-18(2)26-25-21(22)8-7-10-24(25)29-3/h4,7-8,10-14,17,23H,1,5-6,9,15-16H2,2-3H3,(H,26,27). The van der Waals surface area contributed by atoms with Crippen LogP contribution in [-0.2, 0) is 0 Å². The number of anilines is 2. The number of aromatic nitrogens is 1. The third-order valence-corrected chi connectivity index (χ3v) is 5.70. The van der Waals surface area contributed by atoms with Gasteiger partial charge in [0.05, 0.1) is 7.11 Å². The molecule has 1 aromatic heterocycles. The van der Waals surface area contributed by atoms with Crippen LogP contribution in [0.15, 0.2) is 61.2 Å². The Morgan fingerprint density at radius 2 is 2.03 bits per heavy atom. The lowest BCUT2D eigenvalue weighted by molar-refractivity contribution is 0.166. The van der Waals surface area contributed by atoms with Crippen LogP contribution in [-0.4, -0.2) is 30.1 Å². The molecule has 0 saturated carbocycles. The molecule has 1 saturated heterocycles. The first-order valence-corrected chi connectivity index (χ1v) is 10.4. The predicted molar refractivity (Wildman–Crippen MR) is 121 cm³/mol. The SMILES string of the molecule is C=CCN1CCCCC1c1ccc(Nc2cc(C)nc3c(OC)cccc23)cc1. The molecule has 4 rings (SSSR count). The second-order valence-corrected chi connectivity index (χ2v) is 7.71. The predicted octanol–water partition coefficient (Wildman–Crippen LogP) is 6.01. The van der Waals surface area contributed by atoms with E-state index in [1.807, 2.05) is 25.1 Å². The fourth-order valence-corrected chi connectivity index (χ4v) is 4.32. The van der Waals surface area contributed by atoms with E-state index in [0.717, 1.165) is 46.8 Å². The number of piperidine rings is 1. The summed E-state index contributed by atoms with van der Waals surface area (Å²) in [4.78, 5) is 7.20. The Balaban J connectivity index is 1.60. The molecule has 3 aromatic rings. The minimum atomic E-state index is 0.490. The summed E-state index contributed by atoms with van der Waals surface area (Å²) in [6.45, 7) is 8.04. The molecule has 2 aromatic carbocycles. The van der Waals surface area contributed by atoms with Crippen molar-refractivity contribution in [1.82, 2.24) is 9.88 Å². The fraction of sp³-hybridized carbons (Fsp3) is 0.320. The lowest BCUT2D eigenvalue weighted by Crippen LogP contribution is -2.33. The van der Waals surface area contributed by atoms with Gasteiger partial charge in [-0.3, -0.25) is 4.90 Å². The number of ether oxygens (including phenoxy) is 1. The molecule has 1 N–H and O–H groups in total. The molecule has 4 nitrogen and oxygen atoms in total. The van der Waals surface area contributed by atoms with Crippen LogP contribution in [0.2, 0.25) is 0 Å². The van der Waals surface area contributed by atoms with E-state index in [2.05, 4.69) is 58.2 Å². The Morgan fingerprint density at radius 3 is 2.79 bits per heavy atom. The van der Waals surface area contributed by atoms with Crippen LogP contribution in [0, 0.1) is 6.92 Å². The minimum Gasteiger partial charge on any atom is -0.494 e. The van der Waals surface area contributed by atoms with Gasteiger partial charge < -0.3 is 10.1 Å². The Hall–Kier alpha value is -2.85. The van der Waals surface area contributed by atoms with Crippen molar-refractivity contribution in [3.05, 3.63) is 72.4 Å². The molecule has 29 heavy (non-hydrogen) atoms. The van der Waals surface area contributed by atoms with Gasteiger partial charge >= 0.3 is 0 Å². The maximum Gasteiger partial charge on any atom is 0.145 e. The molecule has 0 amide bonds. The highest BCUT2D eigenvalue weighted by Gasteiger charge is 2.22. The van der Waals surface area contributed by atoms with Gasteiger partial charge in [0, 0.05) is 35.0 Å². The Labute approximate surface area is 173 Å². The zero-order chi connectivity index (χ0) is 20.2. The van der Waals surface area contributed by atoms with Gasteiger partial charge in [-0.25, -0.2) is 4.98 Å². The molecule has 0 radical (unpaired) electrons. The zero-order valence-corrected chi connectivity index (χ0v) is 17.3. The van der Waals surface area contributed by atoms with Crippen molar-refractivity contribution in [3.8, 4) is 5.75 Å². The molecule has 2 heterocycles. The molecule has 0 aliphatic carbocycles. The molecule has 150 valence electrons. The van der Waals surface area contributed by atoms with Crippen molar-refractivity contribution in [2.45, 2.75) is 32.2 Å². The summed E-state index contributed by atoms with van der Waals surface area (Å²) in [5, 5.41) is 4.64. The molecule has 0 bridgehead atoms. The van der Waals surface area contributed by atoms with E-state index in [4.69, 9.17) is 4.74 Å². The average Bonchev–Trinajstić information content (AvgIpc) is 2.74. The highest BCUT2D eigenvalue weighted by molar-refractivity contribution is 5.96. The molecular formula is C25H29N3O. The van der Waals surface area contributed by atoms with Crippen LogP contribution in [0.1, 0.15) is 36.6 Å². The summed E-state index contributed by atoms with van der Waals surface area (Å²) in [5.41, 5.74) is 5.36. The molecule has 1 unspecified atom stereocenters. The molecule has 1 atom stereocenters. The van der Waals surface area contributed by atoms with Crippen molar-refractivity contribution >= 4 is 22.3 Å². The lowest BCUT2D eigenvalue weighted by Gasteiger charge is -2.35. The summed E-state index contributed by atoms with van der Waals surface area (Å²) in [6, 6.07) is 17.5. The van der Waals surface area contributed by atoms with Crippen LogP contribution in [0.25, 0.3) is 10.9 Å². The van der Waals surface area contributed by atoms with Gasteiger partial charge in [0.1, 0.15) is 11.3 Å². The average molecular weight is 388 g/mol. The monoisotopic (exact) mass is 387 g/mol. The maximum absolute atomic E-state index is 5.50. The fourth-order valence-electron chi connectivity index (χ4n) is 4.32. The number of pyridine rings is 1. The topological polar surface area (TPSA) is 37.4 Å². The van der Waals surface area contributed by atoms with E-state index >= 15 is 0 Å². The van der Waals surface area contributed by atoms with Crippen molar-refractivity contribution in [3.63, 3.8) is 0 Å². The highest BCUT2D eigenvalue weighted by Crippen LogP contribution is 2.34. The molecule has 1 aliphatic heterocycles. The largest absolute Gasteiger partial charge is 0.494 e. The van der Waals surface area contributed by atoms with Crippen molar-refractivity contribution < 1.29 is 4.74 Å². The summed E-state index contributed by atoms with van der Waals surface area (Å²) in [7, 11) is 1.69. The summed E-state index contributed by atoms with van der Waals surface area (Å²) >= 11 is 0. The van der Waals surface area contributed by atoms with Crippen molar-refractivity contribution in [1.29, 1.82) is 0 Å². The third kappa shape index (κ3) is 4.13. The van der Waals surface area contributed by atoms with Gasteiger partial charge in [-0.15, -0.1) is 6.58 Å². The van der Waals surface area contributed by atoms with E-state index < -0.39 is 0 Å². The number of likely N-dealkylation sites (tertiary alicyclic amines) is 1. The van der Waals surface area contributed by atoms with E-state index in [9.17, 15) is 0 Å². The Bertz CT molecular complexity index is 997. The number of rotatable bonds is 6. The van der Waals surface area contributed by atoms with Crippen LogP contribution >= 0.6 is 0 Å². The molecule has 0 spiro atoms. The van der Waals surface area contributed by atoms with Gasteiger partial charge in [-0.05, 0) is 56.1 Å². The highest BCUT2D eigenvalue weighted by atomic mass is 16.5. The summed E-state index contributed by atoms with van der Waals surface area (Å²) in [5.74, 6) is 0.796. The van der Waals surface area contributed by atoms with Crippen LogP contribution < -0.4 is 10.1 Å². The maximum atomic E-state index is 5.50. The number of hydrogen-bond donors (Lipinski definition) is 1. The number of methoxy groups -OCH3 is 1. The lowest BCUT2D eigenvalue weighted by atomic mass is 9.95. The minimum absolute atomic E-state index is 0.490. The quantitative estimate of drug-likeness (QED) is 0.526. The second-order valence-electron chi connectivity index (χ2n) is 7.71. The van der Waals surface area contributed by atoms with Gasteiger partial charge in [0.15, 0.2) is 0 Å². The molecule has 4 heteroatoms. The number of nitrogens with zero attached hydrogens (tertiary/aromatic N) is 2. The molecular weight excluding hydrogens is 358 g/mol. The Morgan fingerprint density at radius 1 is 1.21 bits per heavy atom. The third-order valence-electron chi connectivity index (χ3n) is 5.70. The van der Waals surface area contributed by atoms with Gasteiger partial charge in [-0.2, -0.15) is 0 Å².